The summed E-state index contributed by atoms with van der Waals surface area (Å²) in [5.74, 6) is 0.175. The molecule has 0 bridgehead atoms. The first-order valence-corrected chi connectivity index (χ1v) is 6.42. The maximum absolute atomic E-state index is 12.2. The van der Waals surface area contributed by atoms with Crippen LogP contribution in [0.1, 0.15) is 19.4 Å². The molecule has 0 aromatic heterocycles. The highest BCUT2D eigenvalue weighted by Crippen LogP contribution is 2.25. The van der Waals surface area contributed by atoms with Gasteiger partial charge in [0.25, 0.3) is 0 Å². The van der Waals surface area contributed by atoms with Crippen LogP contribution in [0.2, 0.25) is 0 Å². The van der Waals surface area contributed by atoms with E-state index in [1.807, 2.05) is 19.9 Å². The zero-order chi connectivity index (χ0) is 13.5. The summed E-state index contributed by atoms with van der Waals surface area (Å²) >= 11 is 3.30. The summed E-state index contributed by atoms with van der Waals surface area (Å²) in [6.07, 6.45) is 3.64. The number of nitrogens with one attached hydrogen (secondary N) is 1. The van der Waals surface area contributed by atoms with Gasteiger partial charge < -0.3 is 10.1 Å². The van der Waals surface area contributed by atoms with Gasteiger partial charge in [-0.2, -0.15) is 8.78 Å². The Morgan fingerprint density at radius 1 is 1.39 bits per heavy atom. The lowest BCUT2D eigenvalue weighted by Crippen LogP contribution is -2.22. The van der Waals surface area contributed by atoms with Gasteiger partial charge in [0.15, 0.2) is 0 Å². The molecule has 0 radical (unpaired) electrons. The van der Waals surface area contributed by atoms with Crippen molar-refractivity contribution in [1.29, 1.82) is 0 Å². The van der Waals surface area contributed by atoms with E-state index in [-0.39, 0.29) is 5.75 Å². The largest absolute Gasteiger partial charge is 0.434 e. The van der Waals surface area contributed by atoms with Gasteiger partial charge in [-0.25, -0.2) is 0 Å². The van der Waals surface area contributed by atoms with Crippen molar-refractivity contribution in [3.63, 3.8) is 0 Å². The van der Waals surface area contributed by atoms with Crippen LogP contribution in [0.3, 0.4) is 0 Å². The van der Waals surface area contributed by atoms with E-state index in [0.29, 0.717) is 18.2 Å². The SMILES string of the molecule is CC(C)NCC=Cc1cc(Br)ccc1OC(F)F. The first-order valence-electron chi connectivity index (χ1n) is 5.63. The molecule has 18 heavy (non-hydrogen) atoms. The van der Waals surface area contributed by atoms with Crippen LogP contribution >= 0.6 is 15.9 Å². The molecule has 1 rings (SSSR count). The number of hydrogen-bond acceptors (Lipinski definition) is 2. The van der Waals surface area contributed by atoms with Crippen LogP contribution in [0.5, 0.6) is 5.75 Å². The van der Waals surface area contributed by atoms with Crippen molar-refractivity contribution >= 4 is 22.0 Å². The maximum atomic E-state index is 12.2. The quantitative estimate of drug-likeness (QED) is 0.853. The Bertz CT molecular complexity index is 408. The van der Waals surface area contributed by atoms with Crippen LogP contribution < -0.4 is 10.1 Å². The number of halogens is 3. The summed E-state index contributed by atoms with van der Waals surface area (Å²) in [7, 11) is 0. The van der Waals surface area contributed by atoms with E-state index < -0.39 is 6.61 Å². The third-order valence-electron chi connectivity index (χ3n) is 2.13. The topological polar surface area (TPSA) is 21.3 Å². The summed E-state index contributed by atoms with van der Waals surface area (Å²) < 4.78 is 29.7. The third kappa shape index (κ3) is 5.60. The Morgan fingerprint density at radius 3 is 2.72 bits per heavy atom. The molecular formula is C13H16BrF2NO. The maximum Gasteiger partial charge on any atom is 0.387 e. The van der Waals surface area contributed by atoms with Crippen molar-refractivity contribution in [3.05, 3.63) is 34.3 Å². The lowest BCUT2D eigenvalue weighted by molar-refractivity contribution is -0.0499. The normalized spacial score (nSPS) is 11.7. The molecule has 100 valence electrons. The highest BCUT2D eigenvalue weighted by atomic mass is 79.9. The second-order valence-corrected chi connectivity index (χ2v) is 4.94. The van der Waals surface area contributed by atoms with Crippen LogP contribution in [0.15, 0.2) is 28.7 Å². The monoisotopic (exact) mass is 319 g/mol. The number of benzene rings is 1. The Kier molecular flexibility index (Phi) is 6.29. The zero-order valence-electron chi connectivity index (χ0n) is 10.3. The molecule has 0 heterocycles. The average Bonchev–Trinajstić information content (AvgIpc) is 2.27. The van der Waals surface area contributed by atoms with E-state index in [9.17, 15) is 8.78 Å². The predicted octanol–water partition coefficient (Wildman–Crippen LogP) is 4.06. The van der Waals surface area contributed by atoms with Crippen LogP contribution in [-0.4, -0.2) is 19.2 Å². The fourth-order valence-corrected chi connectivity index (χ4v) is 1.72. The zero-order valence-corrected chi connectivity index (χ0v) is 11.9. The molecule has 0 spiro atoms. The van der Waals surface area contributed by atoms with Crippen molar-refractivity contribution in [3.8, 4) is 5.75 Å². The summed E-state index contributed by atoms with van der Waals surface area (Å²) in [5.41, 5.74) is 0.621. The van der Waals surface area contributed by atoms with Crippen molar-refractivity contribution in [2.24, 2.45) is 0 Å². The highest BCUT2D eigenvalue weighted by Gasteiger charge is 2.08. The van der Waals surface area contributed by atoms with Gasteiger partial charge in [-0.1, -0.05) is 41.9 Å². The minimum absolute atomic E-state index is 0.175. The molecule has 0 aliphatic heterocycles. The minimum atomic E-state index is -2.81. The van der Waals surface area contributed by atoms with Crippen molar-refractivity contribution in [2.75, 3.05) is 6.54 Å². The van der Waals surface area contributed by atoms with Gasteiger partial charge in [-0.05, 0) is 18.2 Å². The number of alkyl halides is 2. The van der Waals surface area contributed by atoms with E-state index in [2.05, 4.69) is 26.0 Å². The lowest BCUT2D eigenvalue weighted by atomic mass is 10.2. The van der Waals surface area contributed by atoms with Gasteiger partial charge in [0, 0.05) is 22.6 Å². The second-order valence-electron chi connectivity index (χ2n) is 4.03. The molecule has 0 amide bonds. The molecule has 1 aromatic rings. The number of rotatable bonds is 6. The van der Waals surface area contributed by atoms with E-state index >= 15 is 0 Å². The summed E-state index contributed by atoms with van der Waals surface area (Å²) in [4.78, 5) is 0. The Balaban J connectivity index is 2.75. The Hall–Kier alpha value is -0.940. The van der Waals surface area contributed by atoms with Gasteiger partial charge in [-0.15, -0.1) is 0 Å². The molecule has 1 aromatic carbocycles. The molecular weight excluding hydrogens is 304 g/mol. The standard InChI is InChI=1S/C13H16BrF2NO/c1-9(2)17-7-3-4-10-8-11(14)5-6-12(10)18-13(15)16/h3-6,8-9,13,17H,7H2,1-2H3. The molecule has 0 aliphatic carbocycles. The van der Waals surface area contributed by atoms with E-state index in [1.54, 1.807) is 18.2 Å². The number of ether oxygens (including phenoxy) is 1. The summed E-state index contributed by atoms with van der Waals surface area (Å²) in [6, 6.07) is 5.31. The fourth-order valence-electron chi connectivity index (χ4n) is 1.34. The van der Waals surface area contributed by atoms with Crippen LogP contribution in [0.25, 0.3) is 6.08 Å². The first-order chi connectivity index (χ1) is 8.49. The minimum Gasteiger partial charge on any atom is -0.434 e. The fraction of sp³-hybridized carbons (Fsp3) is 0.385. The van der Waals surface area contributed by atoms with Crippen LogP contribution in [0.4, 0.5) is 8.78 Å². The molecule has 2 nitrogen and oxygen atoms in total. The second kappa shape index (κ2) is 7.48. The molecule has 0 saturated carbocycles. The average molecular weight is 320 g/mol. The summed E-state index contributed by atoms with van der Waals surface area (Å²) in [5, 5.41) is 3.20. The summed E-state index contributed by atoms with van der Waals surface area (Å²) in [6.45, 7) is 1.95. The van der Waals surface area contributed by atoms with E-state index in [0.717, 1.165) is 4.47 Å². The molecule has 0 saturated heterocycles. The van der Waals surface area contributed by atoms with E-state index in [4.69, 9.17) is 0 Å². The van der Waals surface area contributed by atoms with Crippen LogP contribution in [0, 0.1) is 0 Å². The molecule has 0 aliphatic rings. The van der Waals surface area contributed by atoms with Crippen molar-refractivity contribution in [2.45, 2.75) is 26.5 Å². The lowest BCUT2D eigenvalue weighted by Gasteiger charge is -2.08. The van der Waals surface area contributed by atoms with Gasteiger partial charge in [0.1, 0.15) is 5.75 Å². The van der Waals surface area contributed by atoms with Gasteiger partial charge >= 0.3 is 6.61 Å². The smallest absolute Gasteiger partial charge is 0.387 e. The highest BCUT2D eigenvalue weighted by molar-refractivity contribution is 9.10. The Labute approximate surface area is 114 Å². The van der Waals surface area contributed by atoms with Gasteiger partial charge in [-0.3, -0.25) is 0 Å². The van der Waals surface area contributed by atoms with Crippen molar-refractivity contribution < 1.29 is 13.5 Å². The predicted molar refractivity (Wildman–Crippen MR) is 72.9 cm³/mol. The molecule has 0 fully saturated rings. The molecule has 0 unspecified atom stereocenters. The number of hydrogen-bond donors (Lipinski definition) is 1. The van der Waals surface area contributed by atoms with Crippen LogP contribution in [-0.2, 0) is 0 Å². The van der Waals surface area contributed by atoms with Gasteiger partial charge in [0.2, 0.25) is 0 Å². The Morgan fingerprint density at radius 2 is 2.11 bits per heavy atom. The van der Waals surface area contributed by atoms with E-state index in [1.165, 1.54) is 6.07 Å². The van der Waals surface area contributed by atoms with Gasteiger partial charge in [0.05, 0.1) is 0 Å². The molecule has 0 atom stereocenters. The first kappa shape index (κ1) is 15.1. The molecule has 1 N–H and O–H groups in total. The third-order valence-corrected chi connectivity index (χ3v) is 2.62. The van der Waals surface area contributed by atoms with Crippen molar-refractivity contribution in [1.82, 2.24) is 5.32 Å². The molecule has 5 heteroatoms.